The van der Waals surface area contributed by atoms with E-state index < -0.39 is 0 Å². The molecule has 1 atom stereocenters. The molecule has 0 bridgehead atoms. The summed E-state index contributed by atoms with van der Waals surface area (Å²) < 4.78 is 5.74. The minimum absolute atomic E-state index is 0.602. The van der Waals surface area contributed by atoms with Gasteiger partial charge in [-0.3, -0.25) is 4.90 Å². The Kier molecular flexibility index (Phi) is 2.74. The zero-order valence-electron chi connectivity index (χ0n) is 10.9. The molecule has 3 rings (SSSR count). The molecule has 2 aromatic rings. The Morgan fingerprint density at radius 1 is 1.50 bits per heavy atom. The van der Waals surface area contributed by atoms with Crippen LogP contribution in [0.3, 0.4) is 0 Å². The summed E-state index contributed by atoms with van der Waals surface area (Å²) in [5.41, 5.74) is 8.12. The van der Waals surface area contributed by atoms with Gasteiger partial charge in [-0.1, -0.05) is 0 Å². The number of aromatic nitrogens is 1. The van der Waals surface area contributed by atoms with Gasteiger partial charge in [0.2, 0.25) is 5.89 Å². The molecule has 1 aliphatic rings. The van der Waals surface area contributed by atoms with Crippen LogP contribution >= 0.6 is 0 Å². The van der Waals surface area contributed by atoms with Gasteiger partial charge in [0.1, 0.15) is 5.52 Å². The monoisotopic (exact) mass is 245 g/mol. The molecule has 0 spiro atoms. The van der Waals surface area contributed by atoms with Crippen molar-refractivity contribution in [3.05, 3.63) is 24.1 Å². The van der Waals surface area contributed by atoms with Gasteiger partial charge in [-0.25, -0.2) is 4.98 Å². The van der Waals surface area contributed by atoms with Crippen LogP contribution in [0.1, 0.15) is 25.7 Å². The van der Waals surface area contributed by atoms with Gasteiger partial charge in [0.25, 0.3) is 0 Å². The van der Waals surface area contributed by atoms with E-state index >= 15 is 0 Å². The number of nitrogens with zero attached hydrogens (tertiary/aromatic N) is 2. The van der Waals surface area contributed by atoms with Gasteiger partial charge < -0.3 is 10.2 Å². The van der Waals surface area contributed by atoms with E-state index in [1.165, 1.54) is 12.8 Å². The quantitative estimate of drug-likeness (QED) is 0.841. The molecule has 0 saturated heterocycles. The second kappa shape index (κ2) is 4.28. The number of fused-ring (bicyclic) bond motifs is 1. The first-order chi connectivity index (χ1) is 8.63. The van der Waals surface area contributed by atoms with Crippen LogP contribution < -0.4 is 5.73 Å². The molecule has 1 aromatic heterocycles. The number of hydrogen-bond acceptors (Lipinski definition) is 4. The van der Waals surface area contributed by atoms with E-state index in [4.69, 9.17) is 10.2 Å². The predicted octanol–water partition coefficient (Wildman–Crippen LogP) is 2.64. The highest BCUT2D eigenvalue weighted by atomic mass is 16.3. The summed E-state index contributed by atoms with van der Waals surface area (Å²) in [5.74, 6) is 1.63. The van der Waals surface area contributed by atoms with E-state index in [1.807, 2.05) is 18.2 Å². The largest absolute Gasteiger partial charge is 0.439 e. The molecule has 0 amide bonds. The van der Waals surface area contributed by atoms with Gasteiger partial charge in [0, 0.05) is 11.7 Å². The highest BCUT2D eigenvalue weighted by molar-refractivity contribution is 5.76. The van der Waals surface area contributed by atoms with Gasteiger partial charge in [-0.15, -0.1) is 0 Å². The average molecular weight is 245 g/mol. The predicted molar refractivity (Wildman–Crippen MR) is 72.1 cm³/mol. The third kappa shape index (κ3) is 2.20. The number of rotatable bonds is 4. The first-order valence-corrected chi connectivity index (χ1v) is 6.48. The number of hydrogen-bond donors (Lipinski definition) is 1. The lowest BCUT2D eigenvalue weighted by Crippen LogP contribution is -2.30. The maximum atomic E-state index is 5.74. The zero-order valence-corrected chi connectivity index (χ0v) is 10.9. The van der Waals surface area contributed by atoms with Crippen LogP contribution in [0.4, 0.5) is 5.69 Å². The van der Waals surface area contributed by atoms with E-state index in [1.54, 1.807) is 0 Å². The van der Waals surface area contributed by atoms with E-state index in [-0.39, 0.29) is 0 Å². The van der Waals surface area contributed by atoms with Gasteiger partial charge in [-0.05, 0) is 50.9 Å². The third-order valence-corrected chi connectivity index (χ3v) is 3.84. The lowest BCUT2D eigenvalue weighted by Gasteiger charge is -2.22. The first kappa shape index (κ1) is 11.5. The minimum atomic E-state index is 0.602. The molecule has 4 heteroatoms. The summed E-state index contributed by atoms with van der Waals surface area (Å²) >= 11 is 0. The lowest BCUT2D eigenvalue weighted by molar-refractivity contribution is 0.208. The lowest BCUT2D eigenvalue weighted by atomic mass is 10.2. The molecular formula is C14H19N3O. The van der Waals surface area contributed by atoms with Crippen LogP contribution in [0.25, 0.3) is 11.1 Å². The molecule has 1 aliphatic carbocycles. The van der Waals surface area contributed by atoms with E-state index in [9.17, 15) is 0 Å². The molecule has 96 valence electrons. The van der Waals surface area contributed by atoms with Crippen LogP contribution in [0.5, 0.6) is 0 Å². The highest BCUT2D eigenvalue weighted by Crippen LogP contribution is 2.35. The smallest absolute Gasteiger partial charge is 0.209 e. The fraction of sp³-hybridized carbons (Fsp3) is 0.500. The molecule has 1 aromatic carbocycles. The Morgan fingerprint density at radius 2 is 2.28 bits per heavy atom. The standard InChI is InChI=1S/C14H19N3O/c1-9(10-3-4-10)17(2)8-14-16-12-7-11(15)5-6-13(12)18-14/h5-7,9-10H,3-4,8,15H2,1-2H3. The van der Waals surface area contributed by atoms with Gasteiger partial charge in [0.15, 0.2) is 5.58 Å². The summed E-state index contributed by atoms with van der Waals surface area (Å²) in [6.45, 7) is 3.03. The average Bonchev–Trinajstić information content (AvgIpc) is 3.10. The Balaban J connectivity index is 1.77. The van der Waals surface area contributed by atoms with Crippen LogP contribution in [-0.4, -0.2) is 23.0 Å². The summed E-state index contributed by atoms with van der Waals surface area (Å²) in [7, 11) is 2.13. The molecule has 4 nitrogen and oxygen atoms in total. The van der Waals surface area contributed by atoms with Gasteiger partial charge in [0.05, 0.1) is 6.54 Å². The third-order valence-electron chi connectivity index (χ3n) is 3.84. The summed E-state index contributed by atoms with van der Waals surface area (Å²) in [6.07, 6.45) is 2.71. The topological polar surface area (TPSA) is 55.3 Å². The van der Waals surface area contributed by atoms with Gasteiger partial charge >= 0.3 is 0 Å². The number of benzene rings is 1. The summed E-state index contributed by atoms with van der Waals surface area (Å²) in [5, 5.41) is 0. The zero-order chi connectivity index (χ0) is 12.7. The Labute approximate surface area is 107 Å². The second-order valence-electron chi connectivity index (χ2n) is 5.33. The molecule has 1 saturated carbocycles. The van der Waals surface area contributed by atoms with Crippen molar-refractivity contribution in [3.63, 3.8) is 0 Å². The van der Waals surface area contributed by atoms with Crippen molar-refractivity contribution < 1.29 is 4.42 Å². The number of nitrogens with two attached hydrogens (primary N) is 1. The minimum Gasteiger partial charge on any atom is -0.439 e. The van der Waals surface area contributed by atoms with Crippen molar-refractivity contribution in [1.82, 2.24) is 9.88 Å². The molecule has 1 heterocycles. The highest BCUT2D eigenvalue weighted by Gasteiger charge is 2.30. The van der Waals surface area contributed by atoms with Crippen LogP contribution in [-0.2, 0) is 6.54 Å². The number of nitrogen functional groups attached to an aromatic ring is 1. The van der Waals surface area contributed by atoms with Crippen LogP contribution in [0.2, 0.25) is 0 Å². The van der Waals surface area contributed by atoms with Crippen molar-refractivity contribution in [1.29, 1.82) is 0 Å². The molecular weight excluding hydrogens is 226 g/mol. The van der Waals surface area contributed by atoms with Crippen molar-refractivity contribution in [2.75, 3.05) is 12.8 Å². The van der Waals surface area contributed by atoms with Crippen molar-refractivity contribution in [2.24, 2.45) is 5.92 Å². The Hall–Kier alpha value is -1.55. The number of anilines is 1. The molecule has 18 heavy (non-hydrogen) atoms. The summed E-state index contributed by atoms with van der Waals surface area (Å²) in [4.78, 5) is 6.80. The fourth-order valence-corrected chi connectivity index (χ4v) is 2.36. The summed E-state index contributed by atoms with van der Waals surface area (Å²) in [6, 6.07) is 6.18. The Bertz CT molecular complexity index is 559. The van der Waals surface area contributed by atoms with Crippen molar-refractivity contribution in [3.8, 4) is 0 Å². The van der Waals surface area contributed by atoms with Crippen LogP contribution in [0.15, 0.2) is 22.6 Å². The molecule has 0 aliphatic heterocycles. The van der Waals surface area contributed by atoms with E-state index in [0.29, 0.717) is 6.04 Å². The van der Waals surface area contributed by atoms with Crippen LogP contribution in [0, 0.1) is 5.92 Å². The molecule has 2 N–H and O–H groups in total. The normalized spacial score (nSPS) is 17.5. The second-order valence-corrected chi connectivity index (χ2v) is 5.33. The van der Waals surface area contributed by atoms with Crippen molar-refractivity contribution in [2.45, 2.75) is 32.4 Å². The molecule has 1 fully saturated rings. The number of oxazole rings is 1. The van der Waals surface area contributed by atoms with Gasteiger partial charge in [-0.2, -0.15) is 0 Å². The fourth-order valence-electron chi connectivity index (χ4n) is 2.36. The SMILES string of the molecule is CC(C1CC1)N(C)Cc1nc2cc(N)ccc2o1. The maximum absolute atomic E-state index is 5.74. The molecule has 1 unspecified atom stereocenters. The van der Waals surface area contributed by atoms with Crippen molar-refractivity contribution >= 4 is 16.8 Å². The van der Waals surface area contributed by atoms with E-state index in [0.717, 1.165) is 35.1 Å². The Morgan fingerprint density at radius 3 is 3.00 bits per heavy atom. The molecule has 0 radical (unpaired) electrons. The maximum Gasteiger partial charge on any atom is 0.209 e. The van der Waals surface area contributed by atoms with E-state index in [2.05, 4.69) is 23.9 Å². The first-order valence-electron chi connectivity index (χ1n) is 6.48.